The van der Waals surface area contributed by atoms with E-state index in [0.717, 1.165) is 42.9 Å². The second-order valence-corrected chi connectivity index (χ2v) is 9.25. The van der Waals surface area contributed by atoms with Crippen LogP contribution in [0.3, 0.4) is 0 Å². The summed E-state index contributed by atoms with van der Waals surface area (Å²) in [6.07, 6.45) is 3.78. The number of amides is 1. The van der Waals surface area contributed by atoms with Crippen LogP contribution in [0.2, 0.25) is 5.02 Å². The highest BCUT2D eigenvalue weighted by Gasteiger charge is 2.24. The molecule has 0 saturated carbocycles. The Morgan fingerprint density at radius 2 is 2.03 bits per heavy atom. The van der Waals surface area contributed by atoms with Crippen molar-refractivity contribution in [2.75, 3.05) is 37.3 Å². The van der Waals surface area contributed by atoms with Gasteiger partial charge in [0, 0.05) is 31.0 Å². The van der Waals surface area contributed by atoms with Gasteiger partial charge >= 0.3 is 0 Å². The summed E-state index contributed by atoms with van der Waals surface area (Å²) in [5.74, 6) is 2.04. The minimum absolute atomic E-state index is 0.0624. The molecule has 1 saturated heterocycles. The van der Waals surface area contributed by atoms with Crippen molar-refractivity contribution in [2.45, 2.75) is 39.5 Å². The number of aromatic amines is 1. The van der Waals surface area contributed by atoms with Gasteiger partial charge in [-0.1, -0.05) is 17.7 Å². The smallest absolute Gasteiger partial charge is 0.233 e. The van der Waals surface area contributed by atoms with Gasteiger partial charge in [0.1, 0.15) is 5.02 Å². The molecule has 0 bridgehead atoms. The van der Waals surface area contributed by atoms with Crippen molar-refractivity contribution >= 4 is 40.8 Å². The molecule has 10 heteroatoms. The second-order valence-electron chi connectivity index (χ2n) is 8.85. The number of H-pyrrole nitrogens is 1. The summed E-state index contributed by atoms with van der Waals surface area (Å²) in [5.41, 5.74) is 5.53. The molecule has 0 radical (unpaired) electrons. The van der Waals surface area contributed by atoms with Gasteiger partial charge in [-0.2, -0.15) is 10.1 Å². The Kier molecular flexibility index (Phi) is 7.33. The molecule has 4 N–H and O–H groups in total. The largest absolute Gasteiger partial charge is 0.358 e. The molecule has 0 aliphatic carbocycles. The molecule has 9 nitrogen and oxygen atoms in total. The van der Waals surface area contributed by atoms with Crippen LogP contribution in [-0.2, 0) is 4.79 Å². The van der Waals surface area contributed by atoms with Crippen molar-refractivity contribution in [1.82, 2.24) is 30.4 Å². The van der Waals surface area contributed by atoms with Crippen LogP contribution in [0.5, 0.6) is 0 Å². The van der Waals surface area contributed by atoms with Gasteiger partial charge in [-0.05, 0) is 68.8 Å². The minimum atomic E-state index is 0.0624. The van der Waals surface area contributed by atoms with Crippen molar-refractivity contribution in [3.63, 3.8) is 0 Å². The number of carbonyl (C=O) groups is 1. The molecule has 4 rings (SSSR count). The van der Waals surface area contributed by atoms with Crippen LogP contribution in [0, 0.1) is 20.8 Å². The molecule has 1 aliphatic rings. The molecule has 180 valence electrons. The summed E-state index contributed by atoms with van der Waals surface area (Å²) in [6.45, 7) is 8.44. The van der Waals surface area contributed by atoms with Gasteiger partial charge in [-0.15, -0.1) is 0 Å². The monoisotopic (exact) mass is 482 g/mol. The number of hydrogen-bond donors (Lipinski definition) is 4. The fourth-order valence-corrected chi connectivity index (χ4v) is 4.53. The lowest BCUT2D eigenvalue weighted by Gasteiger charge is -2.33. The maximum atomic E-state index is 11.8. The van der Waals surface area contributed by atoms with Crippen molar-refractivity contribution in [1.29, 1.82) is 0 Å². The van der Waals surface area contributed by atoms with E-state index >= 15 is 0 Å². The number of anilines is 4. The first-order chi connectivity index (χ1) is 16.3. The Balaban J connectivity index is 1.50. The summed E-state index contributed by atoms with van der Waals surface area (Å²) < 4.78 is 0. The van der Waals surface area contributed by atoms with E-state index in [1.165, 1.54) is 11.1 Å². The van der Waals surface area contributed by atoms with Crippen LogP contribution in [0.15, 0.2) is 24.4 Å². The lowest BCUT2D eigenvalue weighted by Crippen LogP contribution is -2.41. The van der Waals surface area contributed by atoms with Crippen molar-refractivity contribution in [2.24, 2.45) is 0 Å². The number of likely N-dealkylation sites (N-methyl/N-ethyl adjacent to an activating group) is 1. The lowest BCUT2D eigenvalue weighted by atomic mass is 9.86. The van der Waals surface area contributed by atoms with E-state index in [2.05, 4.69) is 67.0 Å². The standard InChI is InChI=1S/C24H31ClN8O/c1-14-9-20(15(2)8-18(14)17-6-5-7-33(12-17)13-22(34)26-4)28-24-27-11-19(25)23(30-24)29-21-10-16(3)31-32-21/h8-11,17H,5-7,12-13H2,1-4H3,(H,26,34)(H3,27,28,29,30,31,32). The van der Waals surface area contributed by atoms with Gasteiger partial charge in [0.2, 0.25) is 11.9 Å². The quantitative estimate of drug-likeness (QED) is 0.399. The van der Waals surface area contributed by atoms with Crippen LogP contribution in [0.1, 0.15) is 41.1 Å². The SMILES string of the molecule is CNC(=O)CN1CCCC(c2cc(C)c(Nc3ncc(Cl)c(Nc4cc(C)[nH]n4)n3)cc2C)C1. The van der Waals surface area contributed by atoms with Gasteiger partial charge < -0.3 is 16.0 Å². The number of carbonyl (C=O) groups excluding carboxylic acids is 1. The van der Waals surface area contributed by atoms with Crippen LogP contribution in [-0.4, -0.2) is 57.7 Å². The molecule has 3 heterocycles. The zero-order valence-electron chi connectivity index (χ0n) is 20.0. The summed E-state index contributed by atoms with van der Waals surface area (Å²) in [6, 6.07) is 6.26. The zero-order valence-corrected chi connectivity index (χ0v) is 20.8. The number of rotatable bonds is 7. The average molecular weight is 483 g/mol. The lowest BCUT2D eigenvalue weighted by molar-refractivity contribution is -0.122. The van der Waals surface area contributed by atoms with Crippen LogP contribution in [0.4, 0.5) is 23.3 Å². The maximum absolute atomic E-state index is 11.8. The number of nitrogens with zero attached hydrogens (tertiary/aromatic N) is 4. The number of nitrogens with one attached hydrogen (secondary N) is 4. The molecule has 2 aromatic heterocycles. The minimum Gasteiger partial charge on any atom is -0.358 e. The van der Waals surface area contributed by atoms with Crippen LogP contribution in [0.25, 0.3) is 0 Å². The average Bonchev–Trinajstić information content (AvgIpc) is 3.22. The van der Waals surface area contributed by atoms with E-state index in [1.54, 1.807) is 13.2 Å². The fourth-order valence-electron chi connectivity index (χ4n) is 4.39. The topological polar surface area (TPSA) is 111 Å². The highest BCUT2D eigenvalue weighted by Crippen LogP contribution is 2.33. The van der Waals surface area contributed by atoms with Crippen molar-refractivity contribution in [3.05, 3.63) is 51.8 Å². The Hall–Kier alpha value is -3.17. The fraction of sp³-hybridized carbons (Fsp3) is 0.417. The molecule has 0 spiro atoms. The molecule has 1 amide bonds. The highest BCUT2D eigenvalue weighted by atomic mass is 35.5. The molecular formula is C24H31ClN8O. The summed E-state index contributed by atoms with van der Waals surface area (Å²) >= 11 is 6.29. The third-order valence-corrected chi connectivity index (χ3v) is 6.42. The highest BCUT2D eigenvalue weighted by molar-refractivity contribution is 6.32. The predicted octanol–water partition coefficient (Wildman–Crippen LogP) is 4.19. The normalized spacial score (nSPS) is 16.3. The van der Waals surface area contributed by atoms with E-state index < -0.39 is 0 Å². The van der Waals surface area contributed by atoms with Gasteiger partial charge in [0.15, 0.2) is 11.6 Å². The summed E-state index contributed by atoms with van der Waals surface area (Å²) in [5, 5.41) is 16.6. The number of likely N-dealkylation sites (tertiary alicyclic amines) is 1. The predicted molar refractivity (Wildman–Crippen MR) is 135 cm³/mol. The van der Waals surface area contributed by atoms with Crippen molar-refractivity contribution in [3.8, 4) is 0 Å². The number of hydrogen-bond acceptors (Lipinski definition) is 7. The molecule has 3 aromatic rings. The van der Waals surface area contributed by atoms with Crippen LogP contribution < -0.4 is 16.0 Å². The van der Waals surface area contributed by atoms with Crippen molar-refractivity contribution < 1.29 is 4.79 Å². The van der Waals surface area contributed by atoms with Gasteiger partial charge in [-0.3, -0.25) is 14.8 Å². The molecule has 1 aromatic carbocycles. The number of piperidine rings is 1. The molecular weight excluding hydrogens is 452 g/mol. The molecule has 1 atom stereocenters. The number of halogens is 1. The summed E-state index contributed by atoms with van der Waals surface area (Å²) in [4.78, 5) is 22.9. The first kappa shape index (κ1) is 24.0. The Morgan fingerprint density at radius 1 is 1.21 bits per heavy atom. The first-order valence-corrected chi connectivity index (χ1v) is 11.8. The second kappa shape index (κ2) is 10.4. The van der Waals surface area contributed by atoms with Gasteiger partial charge in [0.05, 0.1) is 12.7 Å². The van der Waals surface area contributed by atoms with E-state index in [0.29, 0.717) is 35.1 Å². The zero-order chi connectivity index (χ0) is 24.2. The number of benzene rings is 1. The number of aryl methyl sites for hydroxylation is 3. The Labute approximate surface area is 204 Å². The van der Waals surface area contributed by atoms with Crippen LogP contribution >= 0.6 is 11.6 Å². The first-order valence-electron chi connectivity index (χ1n) is 11.4. The molecule has 1 fully saturated rings. The Bertz CT molecular complexity index is 1180. The Morgan fingerprint density at radius 3 is 2.76 bits per heavy atom. The maximum Gasteiger partial charge on any atom is 0.233 e. The van der Waals surface area contributed by atoms with E-state index in [-0.39, 0.29) is 5.91 Å². The molecule has 1 aliphatic heterocycles. The molecule has 34 heavy (non-hydrogen) atoms. The van der Waals surface area contributed by atoms with Gasteiger partial charge in [-0.25, -0.2) is 4.98 Å². The van der Waals surface area contributed by atoms with E-state index in [9.17, 15) is 4.79 Å². The van der Waals surface area contributed by atoms with E-state index in [1.807, 2.05) is 13.0 Å². The number of aromatic nitrogens is 4. The van der Waals surface area contributed by atoms with E-state index in [4.69, 9.17) is 11.6 Å². The summed E-state index contributed by atoms with van der Waals surface area (Å²) in [7, 11) is 1.69. The third kappa shape index (κ3) is 5.66. The van der Waals surface area contributed by atoms with Gasteiger partial charge in [0.25, 0.3) is 0 Å². The molecule has 1 unspecified atom stereocenters. The third-order valence-electron chi connectivity index (χ3n) is 6.15.